The number of ketones is 2. The number of carboxylic acid groups (broad SMARTS) is 1. The first kappa shape index (κ1) is 22.5. The van der Waals surface area contributed by atoms with Crippen LogP contribution >= 0.6 is 0 Å². The predicted octanol–water partition coefficient (Wildman–Crippen LogP) is 4.19. The molecule has 0 radical (unpaired) electrons. The van der Waals surface area contributed by atoms with Crippen LogP contribution in [0.25, 0.3) is 0 Å². The Balaban J connectivity index is 1.46. The Bertz CT molecular complexity index is 789. The van der Waals surface area contributed by atoms with Gasteiger partial charge in [-0.05, 0) is 81.0 Å². The van der Waals surface area contributed by atoms with Crippen molar-refractivity contribution in [3.05, 3.63) is 0 Å². The first-order chi connectivity index (χ1) is 14.6. The number of ether oxygens (including phenoxy) is 1. The quantitative estimate of drug-likeness (QED) is 0.654. The van der Waals surface area contributed by atoms with E-state index < -0.39 is 17.4 Å². The minimum atomic E-state index is -0.987. The number of esters is 1. The highest BCUT2D eigenvalue weighted by atomic mass is 16.5. The second-order valence-electron chi connectivity index (χ2n) is 11.1. The van der Waals surface area contributed by atoms with Crippen LogP contribution in [0.15, 0.2) is 0 Å². The number of hydrogen-bond donors (Lipinski definition) is 1. The summed E-state index contributed by atoms with van der Waals surface area (Å²) < 4.78 is 5.61. The summed E-state index contributed by atoms with van der Waals surface area (Å²) in [7, 11) is 0. The summed E-state index contributed by atoms with van der Waals surface area (Å²) in [6.07, 6.45) is 6.68. The molecule has 6 heteroatoms. The Morgan fingerprint density at radius 3 is 2.45 bits per heavy atom. The van der Waals surface area contributed by atoms with E-state index in [0.717, 1.165) is 44.9 Å². The number of Topliss-reactive ketones (excluding diaryl/α,β-unsaturated/α-hetero) is 2. The molecule has 4 aliphatic rings. The van der Waals surface area contributed by atoms with Gasteiger partial charge in [0.05, 0.1) is 12.8 Å². The zero-order valence-electron chi connectivity index (χ0n) is 19.0. The van der Waals surface area contributed by atoms with Crippen molar-refractivity contribution in [2.75, 3.05) is 0 Å². The van der Waals surface area contributed by atoms with Gasteiger partial charge >= 0.3 is 11.9 Å². The normalized spacial score (nSPS) is 44.0. The maximum absolute atomic E-state index is 13.5. The standard InChI is InChI=1S/C25H36O6/c1-14(26)18-6-7-19-17-5-4-15-12-16(31-23(30)9-8-22(28)29)10-11-24(15,2)20(17)13-21(27)25(18,19)3/h15-20H,4-13H2,1-3H3,(H,28,29)/t15?,16?,17?,18-,19?,20?,24+,25-/m1/s1. The molecule has 0 amide bonds. The molecule has 0 aliphatic heterocycles. The summed E-state index contributed by atoms with van der Waals surface area (Å²) in [6.45, 7) is 6.05. The van der Waals surface area contributed by atoms with Gasteiger partial charge in [-0.15, -0.1) is 0 Å². The number of carboxylic acids is 1. The molecule has 4 aliphatic carbocycles. The highest BCUT2D eigenvalue weighted by molar-refractivity contribution is 5.93. The minimum Gasteiger partial charge on any atom is -0.481 e. The molecule has 5 unspecified atom stereocenters. The first-order valence-corrected chi connectivity index (χ1v) is 12.0. The molecule has 8 atom stereocenters. The van der Waals surface area contributed by atoms with Crippen LogP contribution in [-0.4, -0.2) is 34.7 Å². The van der Waals surface area contributed by atoms with Gasteiger partial charge in [0.25, 0.3) is 0 Å². The highest BCUT2D eigenvalue weighted by Crippen LogP contribution is 2.66. The molecule has 0 aromatic heterocycles. The molecule has 31 heavy (non-hydrogen) atoms. The van der Waals surface area contributed by atoms with Crippen LogP contribution < -0.4 is 0 Å². The van der Waals surface area contributed by atoms with Crippen LogP contribution in [0.5, 0.6) is 0 Å². The summed E-state index contributed by atoms with van der Waals surface area (Å²) in [5.74, 6) is 0.530. The second-order valence-corrected chi connectivity index (χ2v) is 11.1. The van der Waals surface area contributed by atoms with Gasteiger partial charge in [0, 0.05) is 17.8 Å². The molecule has 0 spiro atoms. The topological polar surface area (TPSA) is 97.7 Å². The Hall–Kier alpha value is -1.72. The van der Waals surface area contributed by atoms with E-state index in [1.807, 2.05) is 0 Å². The van der Waals surface area contributed by atoms with Crippen molar-refractivity contribution < 1.29 is 29.0 Å². The Kier molecular flexibility index (Phi) is 5.80. The van der Waals surface area contributed by atoms with Crippen LogP contribution in [-0.2, 0) is 23.9 Å². The van der Waals surface area contributed by atoms with Crippen LogP contribution in [0.1, 0.15) is 85.0 Å². The molecule has 172 valence electrons. The molecule has 4 rings (SSSR count). The Morgan fingerprint density at radius 2 is 1.77 bits per heavy atom. The van der Waals surface area contributed by atoms with Gasteiger partial charge in [0.15, 0.2) is 0 Å². The van der Waals surface area contributed by atoms with Gasteiger partial charge in [0.2, 0.25) is 0 Å². The highest BCUT2D eigenvalue weighted by Gasteiger charge is 2.64. The number of hydrogen-bond acceptors (Lipinski definition) is 5. The van der Waals surface area contributed by atoms with E-state index in [-0.39, 0.29) is 36.1 Å². The van der Waals surface area contributed by atoms with Gasteiger partial charge in [-0.25, -0.2) is 0 Å². The van der Waals surface area contributed by atoms with Crippen molar-refractivity contribution in [1.82, 2.24) is 0 Å². The Labute approximate surface area is 184 Å². The van der Waals surface area contributed by atoms with Crippen LogP contribution in [0, 0.1) is 40.4 Å². The third-order valence-corrected chi connectivity index (χ3v) is 9.81. The average molecular weight is 433 g/mol. The Morgan fingerprint density at radius 1 is 1.03 bits per heavy atom. The van der Waals surface area contributed by atoms with Crippen molar-refractivity contribution >= 4 is 23.5 Å². The molecule has 0 aromatic carbocycles. The second kappa shape index (κ2) is 8.00. The maximum Gasteiger partial charge on any atom is 0.306 e. The van der Waals surface area contributed by atoms with Crippen LogP contribution in [0.2, 0.25) is 0 Å². The smallest absolute Gasteiger partial charge is 0.306 e. The average Bonchev–Trinajstić information content (AvgIpc) is 3.07. The fraction of sp³-hybridized carbons (Fsp3) is 0.840. The molecule has 0 heterocycles. The number of carbonyl (C=O) groups excluding carboxylic acids is 3. The number of carbonyl (C=O) groups is 4. The minimum absolute atomic E-state index is 0.0676. The van der Waals surface area contributed by atoms with Gasteiger partial charge in [-0.3, -0.25) is 19.2 Å². The van der Waals surface area contributed by atoms with E-state index >= 15 is 0 Å². The lowest BCUT2D eigenvalue weighted by atomic mass is 9.44. The third-order valence-electron chi connectivity index (χ3n) is 9.81. The molecule has 0 bridgehead atoms. The van der Waals surface area contributed by atoms with E-state index in [9.17, 15) is 19.2 Å². The maximum atomic E-state index is 13.5. The van der Waals surface area contributed by atoms with Crippen molar-refractivity contribution in [1.29, 1.82) is 0 Å². The lowest BCUT2D eigenvalue weighted by Crippen LogP contribution is -2.57. The van der Waals surface area contributed by atoms with Gasteiger partial charge in [-0.1, -0.05) is 13.8 Å². The van der Waals surface area contributed by atoms with E-state index in [4.69, 9.17) is 9.84 Å². The van der Waals surface area contributed by atoms with Crippen LogP contribution in [0.4, 0.5) is 0 Å². The van der Waals surface area contributed by atoms with Crippen molar-refractivity contribution in [3.8, 4) is 0 Å². The molecule has 4 fully saturated rings. The van der Waals surface area contributed by atoms with Gasteiger partial charge in [-0.2, -0.15) is 0 Å². The lowest BCUT2D eigenvalue weighted by molar-refractivity contribution is -0.169. The lowest BCUT2D eigenvalue weighted by Gasteiger charge is -2.60. The zero-order chi connectivity index (χ0) is 22.6. The fourth-order valence-electron chi connectivity index (χ4n) is 8.14. The fourth-order valence-corrected chi connectivity index (χ4v) is 8.14. The molecule has 4 saturated carbocycles. The summed E-state index contributed by atoms with van der Waals surface area (Å²) in [5.41, 5.74) is -0.411. The largest absolute Gasteiger partial charge is 0.481 e. The van der Waals surface area contributed by atoms with Crippen molar-refractivity contribution in [3.63, 3.8) is 0 Å². The van der Waals surface area contributed by atoms with Crippen molar-refractivity contribution in [2.24, 2.45) is 40.4 Å². The summed E-state index contributed by atoms with van der Waals surface area (Å²) >= 11 is 0. The van der Waals surface area contributed by atoms with Gasteiger partial charge in [0.1, 0.15) is 17.7 Å². The summed E-state index contributed by atoms with van der Waals surface area (Å²) in [5, 5.41) is 8.76. The molecule has 0 aromatic rings. The molecule has 1 N–H and O–H groups in total. The monoisotopic (exact) mass is 432 g/mol. The number of aliphatic carboxylic acids is 1. The molecule has 6 nitrogen and oxygen atoms in total. The van der Waals surface area contributed by atoms with E-state index in [1.165, 1.54) is 0 Å². The van der Waals surface area contributed by atoms with E-state index in [1.54, 1.807) is 6.92 Å². The molecular formula is C25H36O6. The van der Waals surface area contributed by atoms with E-state index in [0.29, 0.717) is 35.9 Å². The van der Waals surface area contributed by atoms with E-state index in [2.05, 4.69) is 13.8 Å². The SMILES string of the molecule is CC(=O)[C@H]1CCC2C3CCC4CC(OC(=O)CCC(=O)O)CC[C@]4(C)C3CC(=O)[C@@]21C. The number of fused-ring (bicyclic) bond motifs is 5. The zero-order valence-corrected chi connectivity index (χ0v) is 19.0. The van der Waals surface area contributed by atoms with Crippen LogP contribution in [0.3, 0.4) is 0 Å². The third kappa shape index (κ3) is 3.64. The number of rotatable bonds is 5. The summed E-state index contributed by atoms with van der Waals surface area (Å²) in [6, 6.07) is 0. The first-order valence-electron chi connectivity index (χ1n) is 12.0. The predicted molar refractivity (Wildman–Crippen MR) is 113 cm³/mol. The molecule has 0 saturated heterocycles. The van der Waals surface area contributed by atoms with Gasteiger partial charge < -0.3 is 9.84 Å². The molecular weight excluding hydrogens is 396 g/mol. The van der Waals surface area contributed by atoms with Crippen molar-refractivity contribution in [2.45, 2.75) is 91.1 Å². The summed E-state index contributed by atoms with van der Waals surface area (Å²) in [4.78, 5) is 48.4.